The summed E-state index contributed by atoms with van der Waals surface area (Å²) >= 11 is 9.16. The first-order valence-electron chi connectivity index (χ1n) is 10.4. The third kappa shape index (κ3) is 6.20. The molecule has 0 bridgehead atoms. The molecule has 3 aromatic rings. The molecule has 178 valence electrons. The van der Waals surface area contributed by atoms with Gasteiger partial charge in [0.25, 0.3) is 0 Å². The van der Waals surface area contributed by atoms with Crippen molar-refractivity contribution < 1.29 is 23.4 Å². The fraction of sp³-hybridized carbons (Fsp3) is 0.261. The van der Waals surface area contributed by atoms with Crippen molar-refractivity contribution in [1.82, 2.24) is 9.97 Å². The molecule has 11 heteroatoms. The number of anilines is 3. The second-order valence-electron chi connectivity index (χ2n) is 7.27. The topological polar surface area (TPSA) is 94.6 Å². The van der Waals surface area contributed by atoms with Crippen LogP contribution in [0.2, 0.25) is 5.02 Å². The number of hydrogen-bond acceptors (Lipinski definition) is 7. The molecule has 0 radical (unpaired) electrons. The maximum atomic E-state index is 13.5. The highest BCUT2D eigenvalue weighted by molar-refractivity contribution is 9.09. The van der Waals surface area contributed by atoms with E-state index in [2.05, 4.69) is 36.5 Å². The van der Waals surface area contributed by atoms with Crippen molar-refractivity contribution in [1.29, 1.82) is 0 Å². The summed E-state index contributed by atoms with van der Waals surface area (Å²) < 4.78 is 30.6. The summed E-state index contributed by atoms with van der Waals surface area (Å²) in [5.41, 5.74) is 1.56. The van der Waals surface area contributed by atoms with Crippen molar-refractivity contribution in [2.45, 2.75) is 6.10 Å². The minimum atomic E-state index is -0.518. The van der Waals surface area contributed by atoms with Crippen molar-refractivity contribution in [3.8, 4) is 5.75 Å². The first kappa shape index (κ1) is 24.3. The molecule has 0 spiro atoms. The molecule has 0 saturated carbocycles. The smallest absolute Gasteiger partial charge is 0.248 e. The number of allylic oxidation sites excluding steroid dienone is 1. The van der Waals surface area contributed by atoms with Crippen LogP contribution in [0, 0.1) is 5.82 Å². The average Bonchev–Trinajstić information content (AvgIpc) is 2.84. The van der Waals surface area contributed by atoms with Gasteiger partial charge < -0.3 is 24.8 Å². The highest BCUT2D eigenvalue weighted by Gasteiger charge is 2.18. The van der Waals surface area contributed by atoms with Crippen LogP contribution in [0.15, 0.2) is 48.8 Å². The molecule has 2 aromatic carbocycles. The van der Waals surface area contributed by atoms with E-state index in [-0.39, 0.29) is 23.6 Å². The number of fused-ring (bicyclic) bond motifs is 1. The Labute approximate surface area is 208 Å². The van der Waals surface area contributed by atoms with Gasteiger partial charge in [0.05, 0.1) is 36.0 Å². The zero-order chi connectivity index (χ0) is 23.9. The molecule has 0 unspecified atom stereocenters. The van der Waals surface area contributed by atoms with Gasteiger partial charge >= 0.3 is 0 Å². The second-order valence-corrected chi connectivity index (χ2v) is 8.32. The standard InChI is InChI=1S/C23H21BrClFN4O4/c24-5-1-2-22(31)30-20-9-16-19(10-21(20)34-12-15-11-32-6-7-33-15)27-13-28-23(16)29-14-3-4-18(26)17(25)8-14/h1-4,8-10,13,15H,5-7,11-12H2,(H,30,31)(H,27,28,29)/b2-1+/t15-/m0/s1. The summed E-state index contributed by atoms with van der Waals surface area (Å²) in [6.45, 7) is 1.73. The third-order valence-corrected chi connectivity index (χ3v) is 5.51. The first-order chi connectivity index (χ1) is 16.5. The zero-order valence-electron chi connectivity index (χ0n) is 17.9. The lowest BCUT2D eigenvalue weighted by molar-refractivity contribution is -0.112. The Morgan fingerprint density at radius 2 is 2.18 bits per heavy atom. The highest BCUT2D eigenvalue weighted by Crippen LogP contribution is 2.34. The molecule has 2 N–H and O–H groups in total. The third-order valence-electron chi connectivity index (χ3n) is 4.84. The molecule has 0 aliphatic carbocycles. The lowest BCUT2D eigenvalue weighted by Crippen LogP contribution is -2.33. The summed E-state index contributed by atoms with van der Waals surface area (Å²) in [5.74, 6) is 0.0412. The van der Waals surface area contributed by atoms with Crippen LogP contribution >= 0.6 is 27.5 Å². The van der Waals surface area contributed by atoms with Crippen molar-refractivity contribution in [3.05, 3.63) is 59.7 Å². The number of halogens is 3. The first-order valence-corrected chi connectivity index (χ1v) is 11.9. The van der Waals surface area contributed by atoms with Gasteiger partial charge in [-0.1, -0.05) is 33.6 Å². The number of carbonyl (C=O) groups excluding carboxylic acids is 1. The van der Waals surface area contributed by atoms with Crippen LogP contribution in [0.4, 0.5) is 21.6 Å². The Hall–Kier alpha value is -2.79. The largest absolute Gasteiger partial charge is 0.489 e. The molecular formula is C23H21BrClFN4O4. The summed E-state index contributed by atoms with van der Waals surface area (Å²) in [6.07, 6.45) is 4.28. The Morgan fingerprint density at radius 1 is 1.29 bits per heavy atom. The number of nitrogens with one attached hydrogen (secondary N) is 2. The Bertz CT molecular complexity index is 1210. The van der Waals surface area contributed by atoms with E-state index < -0.39 is 5.82 Å². The molecule has 1 atom stereocenters. The number of hydrogen-bond donors (Lipinski definition) is 2. The van der Waals surface area contributed by atoms with Gasteiger partial charge in [0.2, 0.25) is 5.91 Å². The van der Waals surface area contributed by atoms with Crippen molar-refractivity contribution in [3.63, 3.8) is 0 Å². The van der Waals surface area contributed by atoms with Gasteiger partial charge in [-0.3, -0.25) is 4.79 Å². The van der Waals surface area contributed by atoms with Gasteiger partial charge in [-0.2, -0.15) is 0 Å². The van der Waals surface area contributed by atoms with Crippen molar-refractivity contribution in [2.75, 3.05) is 42.4 Å². The predicted molar refractivity (Wildman–Crippen MR) is 132 cm³/mol. The SMILES string of the molecule is O=C(/C=C/CBr)Nc1cc2c(Nc3ccc(F)c(Cl)c3)ncnc2cc1OC[C@@H]1COCCO1. The number of ether oxygens (including phenoxy) is 3. The minimum absolute atomic E-state index is 0.0144. The van der Waals surface area contributed by atoms with E-state index in [1.165, 1.54) is 24.5 Å². The van der Waals surface area contributed by atoms with Gasteiger partial charge in [-0.05, 0) is 24.3 Å². The lowest BCUT2D eigenvalue weighted by atomic mass is 10.1. The molecule has 1 aromatic heterocycles. The molecule has 34 heavy (non-hydrogen) atoms. The number of benzene rings is 2. The van der Waals surface area contributed by atoms with E-state index in [0.29, 0.717) is 59.0 Å². The summed E-state index contributed by atoms with van der Waals surface area (Å²) in [4.78, 5) is 21.0. The van der Waals surface area contributed by atoms with Crippen LogP contribution in [0.1, 0.15) is 0 Å². The number of alkyl halides is 1. The van der Waals surface area contributed by atoms with E-state index >= 15 is 0 Å². The summed E-state index contributed by atoms with van der Waals surface area (Å²) in [7, 11) is 0. The van der Waals surface area contributed by atoms with E-state index in [1.54, 1.807) is 24.3 Å². The lowest BCUT2D eigenvalue weighted by Gasteiger charge is -2.23. The summed E-state index contributed by atoms with van der Waals surface area (Å²) in [6, 6.07) is 7.71. The maximum Gasteiger partial charge on any atom is 0.248 e. The summed E-state index contributed by atoms with van der Waals surface area (Å²) in [5, 5.41) is 7.10. The van der Waals surface area contributed by atoms with Crippen LogP contribution in [-0.4, -0.2) is 53.7 Å². The molecular weight excluding hydrogens is 531 g/mol. The molecule has 1 aliphatic heterocycles. The maximum absolute atomic E-state index is 13.5. The minimum Gasteiger partial charge on any atom is -0.489 e. The fourth-order valence-corrected chi connectivity index (χ4v) is 3.62. The van der Waals surface area contributed by atoms with Gasteiger partial charge in [0.15, 0.2) is 0 Å². The average molecular weight is 552 g/mol. The number of rotatable bonds is 8. The molecule has 8 nitrogen and oxygen atoms in total. The predicted octanol–water partition coefficient (Wildman–Crippen LogP) is 4.85. The number of carbonyl (C=O) groups is 1. The monoisotopic (exact) mass is 550 g/mol. The fourth-order valence-electron chi connectivity index (χ4n) is 3.25. The zero-order valence-corrected chi connectivity index (χ0v) is 20.2. The van der Waals surface area contributed by atoms with Crippen LogP contribution in [0.3, 0.4) is 0 Å². The highest BCUT2D eigenvalue weighted by atomic mass is 79.9. The van der Waals surface area contributed by atoms with E-state index in [1.807, 2.05) is 0 Å². The van der Waals surface area contributed by atoms with Crippen molar-refractivity contribution >= 4 is 61.5 Å². The second kappa shape index (κ2) is 11.6. The number of nitrogens with zero attached hydrogens (tertiary/aromatic N) is 2. The normalized spacial score (nSPS) is 16.0. The molecule has 1 saturated heterocycles. The van der Waals surface area contributed by atoms with Crippen molar-refractivity contribution in [2.24, 2.45) is 0 Å². The Morgan fingerprint density at radius 3 is 2.94 bits per heavy atom. The van der Waals surface area contributed by atoms with Gasteiger partial charge in [0.1, 0.15) is 36.4 Å². The van der Waals surface area contributed by atoms with E-state index in [9.17, 15) is 9.18 Å². The van der Waals surface area contributed by atoms with Gasteiger partial charge in [-0.15, -0.1) is 0 Å². The van der Waals surface area contributed by atoms with E-state index in [4.69, 9.17) is 25.8 Å². The van der Waals surface area contributed by atoms with Crippen LogP contribution < -0.4 is 15.4 Å². The van der Waals surface area contributed by atoms with Crippen LogP contribution in [-0.2, 0) is 14.3 Å². The van der Waals surface area contributed by atoms with E-state index in [0.717, 1.165) is 0 Å². The van der Waals surface area contributed by atoms with Gasteiger partial charge in [0, 0.05) is 28.5 Å². The van der Waals surface area contributed by atoms with Crippen LogP contribution in [0.5, 0.6) is 5.75 Å². The molecule has 4 rings (SSSR count). The number of amides is 1. The molecule has 1 fully saturated rings. The molecule has 1 amide bonds. The Kier molecular flexibility index (Phi) is 8.28. The Balaban J connectivity index is 1.66. The quantitative estimate of drug-likeness (QED) is 0.305. The number of aromatic nitrogens is 2. The molecule has 2 heterocycles. The van der Waals surface area contributed by atoms with Crippen LogP contribution in [0.25, 0.3) is 10.9 Å². The van der Waals surface area contributed by atoms with Gasteiger partial charge in [-0.25, -0.2) is 14.4 Å². The molecule has 1 aliphatic rings.